The highest BCUT2D eigenvalue weighted by Crippen LogP contribution is 2.20. The first kappa shape index (κ1) is 12.2. The molecular formula is C12H14O4. The first-order chi connectivity index (χ1) is 7.65. The van der Waals surface area contributed by atoms with Gasteiger partial charge in [0, 0.05) is 0 Å². The van der Waals surface area contributed by atoms with Crippen molar-refractivity contribution in [1.29, 1.82) is 0 Å². The summed E-state index contributed by atoms with van der Waals surface area (Å²) >= 11 is 0. The number of benzene rings is 1. The van der Waals surface area contributed by atoms with Crippen molar-refractivity contribution in [3.63, 3.8) is 0 Å². The summed E-state index contributed by atoms with van der Waals surface area (Å²) in [5.74, 6) is -2.49. The number of carboxylic acids is 1. The molecule has 0 spiro atoms. The smallest absolute Gasteiger partial charge is 0.422 e. The number of aryl methyl sites for hydroxylation is 1. The molecule has 0 aliphatic heterocycles. The quantitative estimate of drug-likeness (QED) is 0.481. The number of hydrogen-bond donors (Lipinski definition) is 1. The first-order valence-electron chi connectivity index (χ1n) is 5.18. The minimum atomic E-state index is -1.58. The standard InChI is InChI=1S/C12H14O4/c1-2-3-6-9-7-4-5-8-10(9)16-12(15)11(13)14/h4-5,7-8H,2-3,6H2,1H3,(H,13,14). The van der Waals surface area contributed by atoms with E-state index >= 15 is 0 Å². The Morgan fingerprint density at radius 1 is 1.31 bits per heavy atom. The second kappa shape index (κ2) is 5.90. The highest BCUT2D eigenvalue weighted by atomic mass is 16.6. The van der Waals surface area contributed by atoms with Crippen LogP contribution in [0.4, 0.5) is 0 Å². The van der Waals surface area contributed by atoms with Crippen LogP contribution in [0.25, 0.3) is 0 Å². The Labute approximate surface area is 93.9 Å². The lowest BCUT2D eigenvalue weighted by Crippen LogP contribution is -2.19. The third kappa shape index (κ3) is 3.38. The van der Waals surface area contributed by atoms with Crippen molar-refractivity contribution in [2.75, 3.05) is 0 Å². The summed E-state index contributed by atoms with van der Waals surface area (Å²) in [4.78, 5) is 21.3. The van der Waals surface area contributed by atoms with Crippen molar-refractivity contribution < 1.29 is 19.4 Å². The van der Waals surface area contributed by atoms with Gasteiger partial charge in [-0.15, -0.1) is 0 Å². The third-order valence-electron chi connectivity index (χ3n) is 2.15. The van der Waals surface area contributed by atoms with Gasteiger partial charge in [0.1, 0.15) is 5.75 Å². The molecule has 0 unspecified atom stereocenters. The molecule has 0 aromatic heterocycles. The Morgan fingerprint density at radius 2 is 2.00 bits per heavy atom. The maximum Gasteiger partial charge on any atom is 0.422 e. The van der Waals surface area contributed by atoms with Gasteiger partial charge in [-0.25, -0.2) is 9.59 Å². The highest BCUT2D eigenvalue weighted by molar-refractivity contribution is 6.29. The topological polar surface area (TPSA) is 63.6 Å². The molecule has 1 aromatic carbocycles. The zero-order valence-electron chi connectivity index (χ0n) is 9.10. The molecule has 0 saturated carbocycles. The predicted octanol–water partition coefficient (Wildman–Crippen LogP) is 2.02. The van der Waals surface area contributed by atoms with Gasteiger partial charge in [-0.3, -0.25) is 0 Å². The van der Waals surface area contributed by atoms with E-state index in [1.807, 2.05) is 12.1 Å². The summed E-state index contributed by atoms with van der Waals surface area (Å²) in [5, 5.41) is 8.44. The number of hydrogen-bond acceptors (Lipinski definition) is 3. The van der Waals surface area contributed by atoms with E-state index in [4.69, 9.17) is 9.84 Å². The van der Waals surface area contributed by atoms with Gasteiger partial charge in [0.2, 0.25) is 0 Å². The minimum absolute atomic E-state index is 0.336. The molecule has 0 aliphatic carbocycles. The third-order valence-corrected chi connectivity index (χ3v) is 2.15. The molecule has 0 radical (unpaired) electrons. The largest absolute Gasteiger partial charge is 0.473 e. The average Bonchev–Trinajstić information content (AvgIpc) is 2.27. The van der Waals surface area contributed by atoms with Crippen LogP contribution < -0.4 is 4.74 Å². The maximum absolute atomic E-state index is 10.9. The molecule has 16 heavy (non-hydrogen) atoms. The molecule has 1 aromatic rings. The van der Waals surface area contributed by atoms with Gasteiger partial charge >= 0.3 is 11.9 Å². The summed E-state index contributed by atoms with van der Waals surface area (Å²) < 4.78 is 4.77. The monoisotopic (exact) mass is 222 g/mol. The molecule has 1 N–H and O–H groups in total. The average molecular weight is 222 g/mol. The van der Waals surface area contributed by atoms with Crippen LogP contribution in [-0.4, -0.2) is 17.0 Å². The fourth-order valence-corrected chi connectivity index (χ4v) is 1.32. The molecule has 1 rings (SSSR count). The number of unbranched alkanes of at least 4 members (excludes halogenated alkanes) is 1. The number of aliphatic carboxylic acids is 1. The van der Waals surface area contributed by atoms with Crippen molar-refractivity contribution in [3.8, 4) is 5.75 Å². The van der Waals surface area contributed by atoms with E-state index in [2.05, 4.69) is 6.92 Å². The van der Waals surface area contributed by atoms with Crippen LogP contribution in [0.5, 0.6) is 5.75 Å². The molecule has 0 saturated heterocycles. The Balaban J connectivity index is 2.78. The SMILES string of the molecule is CCCCc1ccccc1OC(=O)C(=O)O. The van der Waals surface area contributed by atoms with Crippen molar-refractivity contribution in [2.24, 2.45) is 0 Å². The zero-order chi connectivity index (χ0) is 12.0. The molecule has 4 heteroatoms. The molecule has 0 aliphatic rings. The van der Waals surface area contributed by atoms with Crippen LogP contribution in [0, 0.1) is 0 Å². The lowest BCUT2D eigenvalue weighted by Gasteiger charge is -2.07. The van der Waals surface area contributed by atoms with Crippen LogP contribution in [0.3, 0.4) is 0 Å². The maximum atomic E-state index is 10.9. The molecule has 0 fully saturated rings. The minimum Gasteiger partial charge on any atom is -0.473 e. The number of esters is 1. The van der Waals surface area contributed by atoms with Gasteiger partial charge in [-0.2, -0.15) is 0 Å². The van der Waals surface area contributed by atoms with Gasteiger partial charge in [-0.05, 0) is 24.5 Å². The fraction of sp³-hybridized carbons (Fsp3) is 0.333. The van der Waals surface area contributed by atoms with E-state index in [1.54, 1.807) is 12.1 Å². The van der Waals surface area contributed by atoms with Crippen LogP contribution in [-0.2, 0) is 16.0 Å². The number of carbonyl (C=O) groups excluding carboxylic acids is 1. The molecule has 0 heterocycles. The van der Waals surface area contributed by atoms with Gasteiger partial charge in [0.15, 0.2) is 0 Å². The Morgan fingerprint density at radius 3 is 2.62 bits per heavy atom. The van der Waals surface area contributed by atoms with E-state index < -0.39 is 11.9 Å². The molecule has 86 valence electrons. The first-order valence-corrected chi connectivity index (χ1v) is 5.18. The van der Waals surface area contributed by atoms with Crippen molar-refractivity contribution in [3.05, 3.63) is 29.8 Å². The summed E-state index contributed by atoms with van der Waals surface area (Å²) in [6, 6.07) is 6.98. The molecule has 4 nitrogen and oxygen atoms in total. The predicted molar refractivity (Wildman–Crippen MR) is 58.3 cm³/mol. The summed E-state index contributed by atoms with van der Waals surface area (Å²) in [7, 11) is 0. The molecule has 0 bridgehead atoms. The van der Waals surface area contributed by atoms with Crippen LogP contribution in [0.15, 0.2) is 24.3 Å². The Bertz CT molecular complexity index is 384. The molecule has 0 atom stereocenters. The Kier molecular flexibility index (Phi) is 4.51. The van der Waals surface area contributed by atoms with E-state index in [0.717, 1.165) is 24.8 Å². The number of rotatable bonds is 4. The van der Waals surface area contributed by atoms with Crippen molar-refractivity contribution in [2.45, 2.75) is 26.2 Å². The van der Waals surface area contributed by atoms with Crippen LogP contribution in [0.2, 0.25) is 0 Å². The van der Waals surface area contributed by atoms with Crippen molar-refractivity contribution >= 4 is 11.9 Å². The number of para-hydroxylation sites is 1. The van der Waals surface area contributed by atoms with Gasteiger partial charge in [-0.1, -0.05) is 31.5 Å². The fourth-order valence-electron chi connectivity index (χ4n) is 1.32. The van der Waals surface area contributed by atoms with Gasteiger partial charge < -0.3 is 9.84 Å². The lowest BCUT2D eigenvalue weighted by atomic mass is 10.1. The zero-order valence-corrected chi connectivity index (χ0v) is 9.10. The van der Waals surface area contributed by atoms with E-state index in [1.165, 1.54) is 0 Å². The molecular weight excluding hydrogens is 208 g/mol. The summed E-state index contributed by atoms with van der Waals surface area (Å²) in [5.41, 5.74) is 0.860. The van der Waals surface area contributed by atoms with E-state index in [-0.39, 0.29) is 0 Å². The summed E-state index contributed by atoms with van der Waals surface area (Å²) in [6.07, 6.45) is 2.78. The van der Waals surface area contributed by atoms with Crippen LogP contribution >= 0.6 is 0 Å². The van der Waals surface area contributed by atoms with Gasteiger partial charge in [0.25, 0.3) is 0 Å². The second-order valence-electron chi connectivity index (χ2n) is 3.41. The lowest BCUT2D eigenvalue weighted by molar-refractivity contribution is -0.158. The van der Waals surface area contributed by atoms with Crippen LogP contribution in [0.1, 0.15) is 25.3 Å². The Hall–Kier alpha value is -1.84. The number of carbonyl (C=O) groups is 2. The van der Waals surface area contributed by atoms with E-state index in [9.17, 15) is 9.59 Å². The highest BCUT2D eigenvalue weighted by Gasteiger charge is 2.15. The van der Waals surface area contributed by atoms with E-state index in [0.29, 0.717) is 5.75 Å². The number of ether oxygens (including phenoxy) is 1. The second-order valence-corrected chi connectivity index (χ2v) is 3.41. The van der Waals surface area contributed by atoms with Crippen molar-refractivity contribution in [1.82, 2.24) is 0 Å². The number of carboxylic acid groups (broad SMARTS) is 1. The summed E-state index contributed by atoms with van der Waals surface area (Å²) in [6.45, 7) is 2.06. The normalized spacial score (nSPS) is 9.81. The van der Waals surface area contributed by atoms with Gasteiger partial charge in [0.05, 0.1) is 0 Å². The molecule has 0 amide bonds.